The highest BCUT2D eigenvalue weighted by molar-refractivity contribution is 6.35. The Hall–Kier alpha value is -1.29. The maximum absolute atomic E-state index is 13.2. The highest BCUT2D eigenvalue weighted by Gasteiger charge is 2.10. The largest absolute Gasteiger partial charge is 0.398 e. The molecule has 0 bridgehead atoms. The summed E-state index contributed by atoms with van der Waals surface area (Å²) in [6.45, 7) is 1.08. The minimum absolute atomic E-state index is 0.293. The molecule has 20 heavy (non-hydrogen) atoms. The lowest BCUT2D eigenvalue weighted by atomic mass is 10.1. The molecule has 0 aromatic heterocycles. The van der Waals surface area contributed by atoms with E-state index in [0.717, 1.165) is 11.1 Å². The number of nitrogens with zero attached hydrogens (tertiary/aromatic N) is 1. The summed E-state index contributed by atoms with van der Waals surface area (Å²) in [5, 5.41) is 1.24. The Labute approximate surface area is 127 Å². The molecule has 0 saturated heterocycles. The molecule has 0 aliphatic rings. The Bertz CT molecular complexity index is 597. The van der Waals surface area contributed by atoms with E-state index in [9.17, 15) is 4.39 Å². The Balaban J connectivity index is 2.13. The molecular weight excluding hydrogens is 298 g/mol. The van der Waals surface area contributed by atoms with Gasteiger partial charge in [0.25, 0.3) is 0 Å². The van der Waals surface area contributed by atoms with Crippen molar-refractivity contribution in [3.63, 3.8) is 0 Å². The van der Waals surface area contributed by atoms with Crippen LogP contribution in [0.25, 0.3) is 0 Å². The van der Waals surface area contributed by atoms with E-state index in [-0.39, 0.29) is 5.82 Å². The second-order valence-electron chi connectivity index (χ2n) is 4.72. The fraction of sp³-hybridized carbons (Fsp3) is 0.200. The van der Waals surface area contributed by atoms with Gasteiger partial charge in [-0.3, -0.25) is 4.90 Å². The average Bonchev–Trinajstić information content (AvgIpc) is 2.38. The number of rotatable bonds is 4. The molecule has 2 N–H and O–H groups in total. The predicted molar refractivity (Wildman–Crippen MR) is 82.4 cm³/mol. The maximum Gasteiger partial charge on any atom is 0.123 e. The highest BCUT2D eigenvalue weighted by atomic mass is 35.5. The number of anilines is 1. The van der Waals surface area contributed by atoms with Gasteiger partial charge in [0.15, 0.2) is 0 Å². The van der Waals surface area contributed by atoms with Gasteiger partial charge in [-0.05, 0) is 42.9 Å². The van der Waals surface area contributed by atoms with Crippen molar-refractivity contribution in [2.24, 2.45) is 0 Å². The Morgan fingerprint density at radius 2 is 1.75 bits per heavy atom. The Morgan fingerprint density at radius 3 is 2.40 bits per heavy atom. The molecule has 0 aliphatic heterocycles. The molecule has 2 aromatic rings. The molecule has 0 amide bonds. The van der Waals surface area contributed by atoms with E-state index >= 15 is 0 Å². The van der Waals surface area contributed by atoms with Crippen molar-refractivity contribution in [3.05, 3.63) is 63.4 Å². The lowest BCUT2D eigenvalue weighted by Gasteiger charge is -2.19. The van der Waals surface area contributed by atoms with Crippen LogP contribution in [0.2, 0.25) is 10.0 Å². The molecule has 0 fully saturated rings. The Morgan fingerprint density at radius 1 is 1.10 bits per heavy atom. The van der Waals surface area contributed by atoms with Crippen LogP contribution >= 0.6 is 23.2 Å². The van der Waals surface area contributed by atoms with Crippen LogP contribution in [0.15, 0.2) is 36.4 Å². The van der Waals surface area contributed by atoms with Gasteiger partial charge in [-0.15, -0.1) is 0 Å². The molecule has 2 nitrogen and oxygen atoms in total. The lowest BCUT2D eigenvalue weighted by molar-refractivity contribution is 0.319. The van der Waals surface area contributed by atoms with E-state index in [0.29, 0.717) is 28.8 Å². The zero-order chi connectivity index (χ0) is 14.7. The second-order valence-corrected chi connectivity index (χ2v) is 5.53. The number of halogens is 3. The standard InChI is InChI=1S/C15H15Cl2FN2/c1-20(8-10-7-11(18)5-6-15(10)19)9-12-13(16)3-2-4-14(12)17/h2-7H,8-9,19H2,1H3. The third-order valence-electron chi connectivity index (χ3n) is 3.04. The van der Waals surface area contributed by atoms with Gasteiger partial charge in [-0.2, -0.15) is 0 Å². The van der Waals surface area contributed by atoms with Crippen LogP contribution < -0.4 is 5.73 Å². The number of nitrogens with two attached hydrogens (primary N) is 1. The van der Waals surface area contributed by atoms with E-state index in [4.69, 9.17) is 28.9 Å². The van der Waals surface area contributed by atoms with Gasteiger partial charge >= 0.3 is 0 Å². The Kier molecular flexibility index (Phi) is 4.86. The van der Waals surface area contributed by atoms with Crippen LogP contribution in [0, 0.1) is 5.82 Å². The van der Waals surface area contributed by atoms with Crippen LogP contribution in [-0.2, 0) is 13.1 Å². The van der Waals surface area contributed by atoms with Crippen LogP contribution in [-0.4, -0.2) is 11.9 Å². The highest BCUT2D eigenvalue weighted by Crippen LogP contribution is 2.26. The molecule has 0 atom stereocenters. The predicted octanol–water partition coefficient (Wildman–Crippen LogP) is 4.35. The van der Waals surface area contributed by atoms with E-state index < -0.39 is 0 Å². The summed E-state index contributed by atoms with van der Waals surface area (Å²) in [6, 6.07) is 9.77. The number of nitrogen functional groups attached to an aromatic ring is 1. The smallest absolute Gasteiger partial charge is 0.123 e. The van der Waals surface area contributed by atoms with Gasteiger partial charge in [0.1, 0.15) is 5.82 Å². The molecule has 0 radical (unpaired) electrons. The lowest BCUT2D eigenvalue weighted by Crippen LogP contribution is -2.18. The number of benzene rings is 2. The van der Waals surface area contributed by atoms with E-state index in [1.165, 1.54) is 12.1 Å². The first-order chi connectivity index (χ1) is 9.47. The van der Waals surface area contributed by atoms with Gasteiger partial charge in [0.05, 0.1) is 0 Å². The van der Waals surface area contributed by atoms with Crippen molar-refractivity contribution in [1.82, 2.24) is 4.90 Å². The van der Waals surface area contributed by atoms with Crippen molar-refractivity contribution in [2.75, 3.05) is 12.8 Å². The molecule has 0 unspecified atom stereocenters. The van der Waals surface area contributed by atoms with Crippen LogP contribution in [0.3, 0.4) is 0 Å². The summed E-state index contributed by atoms with van der Waals surface area (Å²) < 4.78 is 13.2. The minimum Gasteiger partial charge on any atom is -0.398 e. The maximum atomic E-state index is 13.2. The number of hydrogen-bond donors (Lipinski definition) is 1. The van der Waals surface area contributed by atoms with Crippen LogP contribution in [0.5, 0.6) is 0 Å². The minimum atomic E-state index is -0.293. The van der Waals surface area contributed by atoms with Crippen molar-refractivity contribution in [1.29, 1.82) is 0 Å². The van der Waals surface area contributed by atoms with Crippen molar-refractivity contribution in [3.8, 4) is 0 Å². The average molecular weight is 313 g/mol. The zero-order valence-electron chi connectivity index (χ0n) is 11.0. The topological polar surface area (TPSA) is 29.3 Å². The summed E-state index contributed by atoms with van der Waals surface area (Å²) in [4.78, 5) is 1.98. The monoisotopic (exact) mass is 312 g/mol. The summed E-state index contributed by atoms with van der Waals surface area (Å²) in [6.07, 6.45) is 0. The van der Waals surface area contributed by atoms with Gasteiger partial charge in [0.2, 0.25) is 0 Å². The van der Waals surface area contributed by atoms with E-state index in [2.05, 4.69) is 0 Å². The van der Waals surface area contributed by atoms with Crippen LogP contribution in [0.1, 0.15) is 11.1 Å². The third kappa shape index (κ3) is 3.63. The molecule has 2 rings (SSSR count). The van der Waals surface area contributed by atoms with Gasteiger partial charge in [0, 0.05) is 34.4 Å². The second kappa shape index (κ2) is 6.44. The van der Waals surface area contributed by atoms with Crippen LogP contribution in [0.4, 0.5) is 10.1 Å². The molecule has 0 saturated carbocycles. The first-order valence-corrected chi connectivity index (χ1v) is 6.88. The first-order valence-electron chi connectivity index (χ1n) is 6.12. The molecule has 5 heteroatoms. The van der Waals surface area contributed by atoms with E-state index in [1.54, 1.807) is 24.3 Å². The van der Waals surface area contributed by atoms with Crippen molar-refractivity contribution >= 4 is 28.9 Å². The van der Waals surface area contributed by atoms with Gasteiger partial charge in [-0.25, -0.2) is 4.39 Å². The van der Waals surface area contributed by atoms with Crippen molar-refractivity contribution in [2.45, 2.75) is 13.1 Å². The summed E-state index contributed by atoms with van der Waals surface area (Å²) in [5.74, 6) is -0.293. The SMILES string of the molecule is CN(Cc1cc(F)ccc1N)Cc1c(Cl)cccc1Cl. The third-order valence-corrected chi connectivity index (χ3v) is 3.74. The molecule has 0 spiro atoms. The summed E-state index contributed by atoms with van der Waals surface area (Å²) in [5.41, 5.74) is 8.02. The molecule has 0 heterocycles. The van der Waals surface area contributed by atoms with Crippen molar-refractivity contribution < 1.29 is 4.39 Å². The van der Waals surface area contributed by atoms with Gasteiger partial charge < -0.3 is 5.73 Å². The molecular formula is C15H15Cl2FN2. The molecule has 0 aliphatic carbocycles. The normalized spacial score (nSPS) is 11.1. The van der Waals surface area contributed by atoms with E-state index in [1.807, 2.05) is 11.9 Å². The molecule has 2 aromatic carbocycles. The zero-order valence-corrected chi connectivity index (χ0v) is 12.5. The molecule has 106 valence electrons. The quantitative estimate of drug-likeness (QED) is 0.851. The van der Waals surface area contributed by atoms with Gasteiger partial charge in [-0.1, -0.05) is 29.3 Å². The fourth-order valence-corrected chi connectivity index (χ4v) is 2.53. The summed E-state index contributed by atoms with van der Waals surface area (Å²) >= 11 is 12.3. The summed E-state index contributed by atoms with van der Waals surface area (Å²) in [7, 11) is 1.91. The number of hydrogen-bond acceptors (Lipinski definition) is 2. The fourth-order valence-electron chi connectivity index (χ4n) is 2.01. The first kappa shape index (κ1) is 15.1.